The molecule has 0 fully saturated rings. The van der Waals surface area contributed by atoms with Gasteiger partial charge in [0.05, 0.1) is 0 Å². The third kappa shape index (κ3) is 4.16. The maximum atomic E-state index is 11.1. The maximum Gasteiger partial charge on any atom is 0.150 e. The molecule has 0 amide bonds. The number of ether oxygens (including phenoxy) is 1. The van der Waals surface area contributed by atoms with E-state index in [4.69, 9.17) is 4.74 Å². The molecule has 0 saturated carbocycles. The molecule has 1 aliphatic carbocycles. The zero-order valence-corrected chi connectivity index (χ0v) is 14.6. The van der Waals surface area contributed by atoms with Gasteiger partial charge in [0.1, 0.15) is 18.7 Å². The molecule has 126 valence electrons. The summed E-state index contributed by atoms with van der Waals surface area (Å²) < 4.78 is 5.98. The molecule has 0 N–H and O–H groups in total. The number of carbonyl (C=O) groups excluding carboxylic acids is 1. The van der Waals surface area contributed by atoms with Gasteiger partial charge in [0, 0.05) is 11.5 Å². The van der Waals surface area contributed by atoms with Crippen molar-refractivity contribution in [3.63, 3.8) is 0 Å². The summed E-state index contributed by atoms with van der Waals surface area (Å²) in [6.45, 7) is 4.81. The van der Waals surface area contributed by atoms with Gasteiger partial charge in [-0.3, -0.25) is 4.79 Å². The summed E-state index contributed by atoms with van der Waals surface area (Å²) in [5.41, 5.74) is 5.30. The molecule has 0 aliphatic heterocycles. The Hall–Kier alpha value is -2.87. The second-order valence-electron chi connectivity index (χ2n) is 6.31. The summed E-state index contributed by atoms with van der Waals surface area (Å²) in [7, 11) is 0. The summed E-state index contributed by atoms with van der Waals surface area (Å²) >= 11 is 0. The zero-order chi connectivity index (χ0) is 17.6. The molecule has 0 radical (unpaired) electrons. The topological polar surface area (TPSA) is 26.3 Å². The van der Waals surface area contributed by atoms with Crippen LogP contribution in [0.4, 0.5) is 0 Å². The van der Waals surface area contributed by atoms with Crippen molar-refractivity contribution < 1.29 is 9.53 Å². The van der Waals surface area contributed by atoms with Crippen molar-refractivity contribution >= 4 is 11.9 Å². The van der Waals surface area contributed by atoms with Gasteiger partial charge >= 0.3 is 0 Å². The zero-order valence-electron chi connectivity index (χ0n) is 14.6. The molecule has 0 heterocycles. The molecule has 0 spiro atoms. The SMILES string of the molecule is CC1=C(c2cccc(C=O)c2)C(C)C=CC(OCc2ccccc2)=C1. The molecule has 0 saturated heterocycles. The molecule has 1 aliphatic rings. The third-order valence-corrected chi connectivity index (χ3v) is 4.37. The minimum absolute atomic E-state index is 0.246. The van der Waals surface area contributed by atoms with Crippen molar-refractivity contribution in [2.45, 2.75) is 20.5 Å². The fourth-order valence-electron chi connectivity index (χ4n) is 3.13. The van der Waals surface area contributed by atoms with Gasteiger partial charge in [-0.05, 0) is 47.4 Å². The van der Waals surface area contributed by atoms with Crippen LogP contribution in [0.5, 0.6) is 0 Å². The Labute approximate surface area is 149 Å². The number of rotatable bonds is 5. The average molecular weight is 330 g/mol. The summed E-state index contributed by atoms with van der Waals surface area (Å²) in [6, 6.07) is 17.9. The van der Waals surface area contributed by atoms with Crippen LogP contribution in [0.3, 0.4) is 0 Å². The van der Waals surface area contributed by atoms with Gasteiger partial charge in [-0.2, -0.15) is 0 Å². The molecule has 2 nitrogen and oxygen atoms in total. The Kier molecular flexibility index (Phi) is 5.30. The average Bonchev–Trinajstić information content (AvgIpc) is 2.79. The van der Waals surface area contributed by atoms with E-state index in [0.717, 1.165) is 28.7 Å². The highest BCUT2D eigenvalue weighted by atomic mass is 16.5. The van der Waals surface area contributed by atoms with Crippen molar-refractivity contribution in [3.8, 4) is 0 Å². The number of hydrogen-bond donors (Lipinski definition) is 0. The molecule has 1 unspecified atom stereocenters. The van der Waals surface area contributed by atoms with E-state index >= 15 is 0 Å². The smallest absolute Gasteiger partial charge is 0.150 e. The van der Waals surface area contributed by atoms with Gasteiger partial charge in [-0.1, -0.05) is 61.5 Å². The highest BCUT2D eigenvalue weighted by Gasteiger charge is 2.15. The monoisotopic (exact) mass is 330 g/mol. The lowest BCUT2D eigenvalue weighted by Gasteiger charge is -2.15. The summed E-state index contributed by atoms with van der Waals surface area (Å²) in [5.74, 6) is 1.10. The van der Waals surface area contributed by atoms with E-state index in [1.807, 2.05) is 42.5 Å². The van der Waals surface area contributed by atoms with Crippen LogP contribution >= 0.6 is 0 Å². The van der Waals surface area contributed by atoms with Crippen LogP contribution in [0.2, 0.25) is 0 Å². The van der Waals surface area contributed by atoms with Crippen molar-refractivity contribution in [2.24, 2.45) is 5.92 Å². The quantitative estimate of drug-likeness (QED) is 0.669. The Morgan fingerprint density at radius 2 is 1.88 bits per heavy atom. The Balaban J connectivity index is 1.87. The summed E-state index contributed by atoms with van der Waals surface area (Å²) in [5, 5.41) is 0. The normalized spacial score (nSPS) is 17.0. The van der Waals surface area contributed by atoms with E-state index in [9.17, 15) is 4.79 Å². The van der Waals surface area contributed by atoms with Crippen LogP contribution in [0.1, 0.15) is 35.3 Å². The highest BCUT2D eigenvalue weighted by Crippen LogP contribution is 2.32. The fraction of sp³-hybridized carbons (Fsp3) is 0.174. The Morgan fingerprint density at radius 3 is 2.64 bits per heavy atom. The molecule has 0 bridgehead atoms. The standard InChI is InChI=1S/C23H22O2/c1-17-11-12-22(25-16-19-7-4-3-5-8-19)13-18(2)23(17)21-10-6-9-20(14-21)15-24/h3-15,17H,16H2,1-2H3. The molecule has 2 heteroatoms. The number of aldehydes is 1. The Bertz CT molecular complexity index is 841. The number of carbonyl (C=O) groups is 1. The predicted octanol–water partition coefficient (Wildman–Crippen LogP) is 5.58. The van der Waals surface area contributed by atoms with E-state index in [1.54, 1.807) is 0 Å². The van der Waals surface area contributed by atoms with Crippen LogP contribution in [0, 0.1) is 5.92 Å². The van der Waals surface area contributed by atoms with Gasteiger partial charge in [-0.25, -0.2) is 0 Å². The van der Waals surface area contributed by atoms with Gasteiger partial charge in [0.25, 0.3) is 0 Å². The molecule has 0 aromatic heterocycles. The molecule has 3 rings (SSSR count). The van der Waals surface area contributed by atoms with Crippen LogP contribution in [0.15, 0.2) is 84.2 Å². The number of hydrogen-bond acceptors (Lipinski definition) is 2. The lowest BCUT2D eigenvalue weighted by Crippen LogP contribution is -1.98. The maximum absolute atomic E-state index is 11.1. The minimum atomic E-state index is 0.246. The first kappa shape index (κ1) is 17.0. The van der Waals surface area contributed by atoms with E-state index < -0.39 is 0 Å². The first-order valence-electron chi connectivity index (χ1n) is 8.50. The molecule has 2 aromatic rings. The number of allylic oxidation sites excluding steroid dienone is 5. The fourth-order valence-corrected chi connectivity index (χ4v) is 3.13. The second-order valence-corrected chi connectivity index (χ2v) is 6.31. The van der Waals surface area contributed by atoms with Crippen molar-refractivity contribution in [1.29, 1.82) is 0 Å². The predicted molar refractivity (Wildman–Crippen MR) is 102 cm³/mol. The first-order valence-corrected chi connectivity index (χ1v) is 8.50. The van der Waals surface area contributed by atoms with Crippen LogP contribution < -0.4 is 0 Å². The summed E-state index contributed by atoms with van der Waals surface area (Å²) in [4.78, 5) is 11.1. The molecule has 25 heavy (non-hydrogen) atoms. The van der Waals surface area contributed by atoms with Crippen molar-refractivity contribution in [1.82, 2.24) is 0 Å². The molecule has 2 aromatic carbocycles. The molecule has 1 atom stereocenters. The minimum Gasteiger partial charge on any atom is -0.489 e. The third-order valence-electron chi connectivity index (χ3n) is 4.37. The van der Waals surface area contributed by atoms with E-state index in [0.29, 0.717) is 12.2 Å². The van der Waals surface area contributed by atoms with Crippen molar-refractivity contribution in [3.05, 3.63) is 101 Å². The van der Waals surface area contributed by atoms with Crippen LogP contribution in [-0.4, -0.2) is 6.29 Å². The highest BCUT2D eigenvalue weighted by molar-refractivity contribution is 5.80. The Morgan fingerprint density at radius 1 is 1.08 bits per heavy atom. The van der Waals surface area contributed by atoms with Gasteiger partial charge in [0.15, 0.2) is 0 Å². The van der Waals surface area contributed by atoms with Gasteiger partial charge in [0.2, 0.25) is 0 Å². The van der Waals surface area contributed by atoms with Crippen molar-refractivity contribution in [2.75, 3.05) is 0 Å². The molecular weight excluding hydrogens is 308 g/mol. The molecular formula is C23H22O2. The van der Waals surface area contributed by atoms with E-state index in [-0.39, 0.29) is 5.92 Å². The lowest BCUT2D eigenvalue weighted by molar-refractivity contribution is 0.112. The largest absolute Gasteiger partial charge is 0.489 e. The van der Waals surface area contributed by atoms with Gasteiger partial charge < -0.3 is 4.74 Å². The lowest BCUT2D eigenvalue weighted by atomic mass is 9.90. The summed E-state index contributed by atoms with van der Waals surface area (Å²) in [6.07, 6.45) is 7.15. The van der Waals surface area contributed by atoms with Gasteiger partial charge in [-0.15, -0.1) is 0 Å². The van der Waals surface area contributed by atoms with E-state index in [1.165, 1.54) is 5.57 Å². The second kappa shape index (κ2) is 7.80. The number of benzene rings is 2. The van der Waals surface area contributed by atoms with Crippen LogP contribution in [-0.2, 0) is 11.3 Å². The first-order chi connectivity index (χ1) is 12.2. The van der Waals surface area contributed by atoms with E-state index in [2.05, 4.69) is 44.2 Å². The van der Waals surface area contributed by atoms with Crippen LogP contribution in [0.25, 0.3) is 5.57 Å².